The van der Waals surface area contributed by atoms with E-state index in [1.54, 1.807) is 12.1 Å². The molecule has 1 fully saturated rings. The molecule has 2 aliphatic heterocycles. The molecule has 0 spiro atoms. The van der Waals surface area contributed by atoms with Gasteiger partial charge < -0.3 is 9.84 Å². The van der Waals surface area contributed by atoms with Gasteiger partial charge in [-0.15, -0.1) is 0 Å². The van der Waals surface area contributed by atoms with E-state index in [2.05, 4.69) is 15.9 Å². The molecule has 0 saturated carbocycles. The zero-order chi connectivity index (χ0) is 26.0. The molecule has 0 aliphatic carbocycles. The summed E-state index contributed by atoms with van der Waals surface area (Å²) >= 11 is 4.88. The maximum Gasteiger partial charge on any atom is 0.301 e. The van der Waals surface area contributed by atoms with Crippen LogP contribution >= 0.6 is 27.3 Å². The Bertz CT molecular complexity index is 1660. The third-order valence-corrected chi connectivity index (χ3v) is 8.30. The monoisotopic (exact) mass is 574 g/mol. The number of thiazole rings is 1. The summed E-state index contributed by atoms with van der Waals surface area (Å²) in [5.41, 5.74) is 5.08. The van der Waals surface area contributed by atoms with Crippen LogP contribution < -0.4 is 9.64 Å². The summed E-state index contributed by atoms with van der Waals surface area (Å²) in [4.78, 5) is 33.3. The third-order valence-electron chi connectivity index (χ3n) is 6.80. The zero-order valence-electron chi connectivity index (χ0n) is 20.4. The molecule has 2 atom stereocenters. The topological polar surface area (TPSA) is 79.7 Å². The molecule has 3 aromatic carbocycles. The predicted octanol–water partition coefficient (Wildman–Crippen LogP) is 6.63. The van der Waals surface area contributed by atoms with E-state index in [-0.39, 0.29) is 17.4 Å². The van der Waals surface area contributed by atoms with Gasteiger partial charge in [0.1, 0.15) is 17.6 Å². The van der Waals surface area contributed by atoms with Crippen LogP contribution in [0.2, 0.25) is 0 Å². The molecule has 6 rings (SSSR count). The molecule has 2 aliphatic rings. The number of hydrogen-bond acceptors (Lipinski definition) is 6. The highest BCUT2D eigenvalue weighted by Crippen LogP contribution is 2.45. The summed E-state index contributed by atoms with van der Waals surface area (Å²) in [7, 11) is 0. The van der Waals surface area contributed by atoms with Gasteiger partial charge >= 0.3 is 5.91 Å². The van der Waals surface area contributed by atoms with Crippen LogP contribution in [0.25, 0.3) is 16.0 Å². The molecule has 0 bridgehead atoms. The number of nitrogens with zero attached hydrogens (tertiary/aromatic N) is 2. The smallest absolute Gasteiger partial charge is 0.301 e. The van der Waals surface area contributed by atoms with Gasteiger partial charge in [-0.05, 0) is 79.4 Å². The third kappa shape index (κ3) is 3.95. The number of aliphatic hydroxyl groups is 1. The van der Waals surface area contributed by atoms with Crippen molar-refractivity contribution in [2.45, 2.75) is 39.3 Å². The summed E-state index contributed by atoms with van der Waals surface area (Å²) in [6.45, 7) is 5.98. The first-order valence-electron chi connectivity index (χ1n) is 12.0. The lowest BCUT2D eigenvalue weighted by Gasteiger charge is -2.23. The molecule has 1 amide bonds. The number of fused-ring (bicyclic) bond motifs is 2. The lowest BCUT2D eigenvalue weighted by atomic mass is 9.94. The van der Waals surface area contributed by atoms with Crippen LogP contribution in [-0.4, -0.2) is 27.9 Å². The Morgan fingerprint density at radius 1 is 1.14 bits per heavy atom. The summed E-state index contributed by atoms with van der Waals surface area (Å²) < 4.78 is 7.53. The first-order chi connectivity index (χ1) is 17.7. The molecule has 8 heteroatoms. The van der Waals surface area contributed by atoms with Gasteiger partial charge in [0, 0.05) is 16.5 Å². The minimum absolute atomic E-state index is 0.0437. The van der Waals surface area contributed by atoms with Gasteiger partial charge in [-0.1, -0.05) is 45.5 Å². The maximum absolute atomic E-state index is 13.5. The van der Waals surface area contributed by atoms with Crippen LogP contribution in [-0.2, 0) is 16.0 Å². The molecule has 0 radical (unpaired) electrons. The fourth-order valence-electron chi connectivity index (χ4n) is 5.21. The number of benzene rings is 3. The van der Waals surface area contributed by atoms with Crippen molar-refractivity contribution in [3.8, 4) is 5.75 Å². The van der Waals surface area contributed by atoms with Gasteiger partial charge in [-0.25, -0.2) is 4.98 Å². The molecular formula is C29H23BrN2O4S. The van der Waals surface area contributed by atoms with E-state index in [0.717, 1.165) is 37.1 Å². The Morgan fingerprint density at radius 2 is 1.95 bits per heavy atom. The normalized spacial score (nSPS) is 20.5. The largest absolute Gasteiger partial charge is 0.507 e. The summed E-state index contributed by atoms with van der Waals surface area (Å²) in [5, 5.41) is 11.9. The van der Waals surface area contributed by atoms with E-state index >= 15 is 0 Å². The lowest BCUT2D eigenvalue weighted by Crippen LogP contribution is -2.29. The molecule has 37 heavy (non-hydrogen) atoms. The van der Waals surface area contributed by atoms with Gasteiger partial charge in [0.2, 0.25) is 0 Å². The maximum atomic E-state index is 13.5. The fraction of sp³-hybridized carbons (Fsp3) is 0.207. The average molecular weight is 575 g/mol. The Morgan fingerprint density at radius 3 is 2.73 bits per heavy atom. The van der Waals surface area contributed by atoms with Crippen molar-refractivity contribution in [3.05, 3.63) is 92.5 Å². The first kappa shape index (κ1) is 23.9. The Hall–Kier alpha value is -3.49. The highest BCUT2D eigenvalue weighted by Gasteiger charge is 2.48. The molecule has 186 valence electrons. The van der Waals surface area contributed by atoms with Crippen molar-refractivity contribution in [2.24, 2.45) is 0 Å². The van der Waals surface area contributed by atoms with Crippen molar-refractivity contribution in [1.29, 1.82) is 0 Å². The quantitative estimate of drug-likeness (QED) is 0.169. The number of carbonyl (C=O) groups excluding carboxylic acids is 2. The van der Waals surface area contributed by atoms with Gasteiger partial charge in [0.25, 0.3) is 5.78 Å². The predicted molar refractivity (Wildman–Crippen MR) is 148 cm³/mol. The van der Waals surface area contributed by atoms with Gasteiger partial charge in [-0.3, -0.25) is 14.5 Å². The van der Waals surface area contributed by atoms with Crippen LogP contribution in [0.5, 0.6) is 5.75 Å². The highest BCUT2D eigenvalue weighted by molar-refractivity contribution is 9.10. The van der Waals surface area contributed by atoms with E-state index in [9.17, 15) is 14.7 Å². The molecule has 1 saturated heterocycles. The van der Waals surface area contributed by atoms with E-state index in [0.29, 0.717) is 22.7 Å². The Labute approximate surface area is 226 Å². The standard InChI is InChI=1S/C29H23BrN2O4S/c1-14-9-15(2)24-22(10-14)37-29(31-24)32-25(17-5-4-6-20(30)13-17)23(27(34)28(32)35)26(33)18-7-8-21-19(12-18)11-16(3)36-21/h4-10,12-13,16,25,33H,11H2,1-3H3/t16-,25-/m0/s1. The van der Waals surface area contributed by atoms with Crippen molar-refractivity contribution in [1.82, 2.24) is 4.98 Å². The SMILES string of the molecule is Cc1cc(C)c2nc(N3C(=O)C(=O)C(=C(O)c4ccc5c(c4)C[C@H](C)O5)[C@@H]3c3cccc(Br)c3)sc2c1. The number of hydrogen-bond donors (Lipinski definition) is 1. The van der Waals surface area contributed by atoms with E-state index < -0.39 is 17.7 Å². The van der Waals surface area contributed by atoms with Crippen LogP contribution in [0.15, 0.2) is 64.6 Å². The molecule has 1 aromatic heterocycles. The van der Waals surface area contributed by atoms with Crippen molar-refractivity contribution < 1.29 is 19.4 Å². The average Bonchev–Trinajstić information content (AvgIpc) is 3.51. The Balaban J connectivity index is 1.55. The number of amides is 1. The minimum atomic E-state index is -0.831. The van der Waals surface area contributed by atoms with E-state index in [4.69, 9.17) is 9.72 Å². The highest BCUT2D eigenvalue weighted by atomic mass is 79.9. The number of rotatable bonds is 3. The minimum Gasteiger partial charge on any atom is -0.507 e. The second kappa shape index (κ2) is 8.82. The lowest BCUT2D eigenvalue weighted by molar-refractivity contribution is -0.132. The molecule has 0 unspecified atom stereocenters. The van der Waals surface area contributed by atoms with Crippen LogP contribution in [0, 0.1) is 13.8 Å². The molecular weight excluding hydrogens is 552 g/mol. The van der Waals surface area contributed by atoms with Crippen LogP contribution in [0.1, 0.15) is 40.8 Å². The number of aliphatic hydroxyl groups excluding tert-OH is 1. The number of halogens is 1. The molecule has 6 nitrogen and oxygen atoms in total. The van der Waals surface area contributed by atoms with Crippen molar-refractivity contribution in [3.63, 3.8) is 0 Å². The summed E-state index contributed by atoms with van der Waals surface area (Å²) in [5.74, 6) is -0.882. The number of aryl methyl sites for hydroxylation is 2. The second-order valence-corrected chi connectivity index (χ2v) is 11.5. The number of anilines is 1. The van der Waals surface area contributed by atoms with Crippen molar-refractivity contribution in [2.75, 3.05) is 4.90 Å². The number of ether oxygens (including phenoxy) is 1. The van der Waals surface area contributed by atoms with Gasteiger partial charge in [-0.2, -0.15) is 0 Å². The zero-order valence-corrected chi connectivity index (χ0v) is 22.8. The number of ketones is 1. The van der Waals surface area contributed by atoms with Gasteiger partial charge in [0.05, 0.1) is 21.8 Å². The summed E-state index contributed by atoms with van der Waals surface area (Å²) in [6.07, 6.45) is 0.760. The molecule has 1 N–H and O–H groups in total. The number of carbonyl (C=O) groups is 2. The van der Waals surface area contributed by atoms with Crippen LogP contribution in [0.4, 0.5) is 5.13 Å². The molecule has 4 aromatic rings. The first-order valence-corrected chi connectivity index (χ1v) is 13.6. The number of Topliss-reactive ketones (excluding diaryl/α,β-unsaturated/α-hetero) is 1. The number of aromatic nitrogens is 1. The Kier molecular flexibility index (Phi) is 5.69. The second-order valence-electron chi connectivity index (χ2n) is 9.60. The fourth-order valence-corrected chi connectivity index (χ4v) is 6.79. The van der Waals surface area contributed by atoms with E-state index in [1.807, 2.05) is 63.2 Å². The van der Waals surface area contributed by atoms with Crippen molar-refractivity contribution >= 4 is 60.1 Å². The molecule has 3 heterocycles. The van der Waals surface area contributed by atoms with Crippen LogP contribution in [0.3, 0.4) is 0 Å². The summed E-state index contributed by atoms with van der Waals surface area (Å²) in [6, 6.07) is 16.0. The van der Waals surface area contributed by atoms with E-state index in [1.165, 1.54) is 16.2 Å². The van der Waals surface area contributed by atoms with Gasteiger partial charge in [0.15, 0.2) is 5.13 Å².